The van der Waals surface area contributed by atoms with E-state index in [9.17, 15) is 19.5 Å². The Labute approximate surface area is 190 Å². The number of nitrogens with one attached hydrogen (secondary N) is 2. The SMILES string of the molecule is Cc1ccccc1NC(=O)Oc1ccc(CC(NC(=O)c2ccccc2Cl)C(=O)O)cc1. The first kappa shape index (κ1) is 22.8. The van der Waals surface area contributed by atoms with E-state index in [0.29, 0.717) is 17.0 Å². The van der Waals surface area contributed by atoms with Gasteiger partial charge in [0.05, 0.1) is 10.6 Å². The van der Waals surface area contributed by atoms with Crippen LogP contribution in [0.5, 0.6) is 5.75 Å². The molecule has 0 aliphatic carbocycles. The summed E-state index contributed by atoms with van der Waals surface area (Å²) in [6, 6.07) is 18.9. The number of carbonyl (C=O) groups excluding carboxylic acids is 2. The van der Waals surface area contributed by atoms with Crippen LogP contribution in [0.3, 0.4) is 0 Å². The van der Waals surface area contributed by atoms with E-state index < -0.39 is 24.0 Å². The number of carbonyl (C=O) groups is 3. The molecule has 32 heavy (non-hydrogen) atoms. The molecule has 0 aliphatic heterocycles. The fourth-order valence-corrected chi connectivity index (χ4v) is 3.19. The van der Waals surface area contributed by atoms with Crippen molar-refractivity contribution < 1.29 is 24.2 Å². The Kier molecular flexibility index (Phi) is 7.46. The zero-order valence-corrected chi connectivity index (χ0v) is 17.9. The summed E-state index contributed by atoms with van der Waals surface area (Å²) in [7, 11) is 0. The summed E-state index contributed by atoms with van der Waals surface area (Å²) in [5, 5.41) is 14.9. The minimum atomic E-state index is -1.18. The lowest BCUT2D eigenvalue weighted by atomic mass is 10.1. The van der Waals surface area contributed by atoms with Crippen LogP contribution in [0.4, 0.5) is 10.5 Å². The second kappa shape index (κ2) is 10.5. The predicted octanol–water partition coefficient (Wildman–Crippen LogP) is 4.69. The van der Waals surface area contributed by atoms with Crippen molar-refractivity contribution in [1.82, 2.24) is 5.32 Å². The molecule has 3 aromatic carbocycles. The van der Waals surface area contributed by atoms with E-state index in [0.717, 1.165) is 5.56 Å². The maximum absolute atomic E-state index is 12.4. The first-order chi connectivity index (χ1) is 15.3. The van der Waals surface area contributed by atoms with Crippen molar-refractivity contribution in [3.63, 3.8) is 0 Å². The topological polar surface area (TPSA) is 105 Å². The first-order valence-corrected chi connectivity index (χ1v) is 10.1. The minimum Gasteiger partial charge on any atom is -0.480 e. The maximum Gasteiger partial charge on any atom is 0.417 e. The van der Waals surface area contributed by atoms with Gasteiger partial charge in [-0.2, -0.15) is 0 Å². The summed E-state index contributed by atoms with van der Waals surface area (Å²) in [5.74, 6) is -1.45. The van der Waals surface area contributed by atoms with E-state index >= 15 is 0 Å². The standard InChI is InChI=1S/C24H21ClN2O5/c1-15-6-2-5-9-20(15)27-24(31)32-17-12-10-16(11-13-17)14-21(23(29)30)26-22(28)18-7-3-4-8-19(18)25/h2-13,21H,14H2,1H3,(H,26,28)(H,27,31)(H,29,30). The molecule has 0 radical (unpaired) electrons. The lowest BCUT2D eigenvalue weighted by molar-refractivity contribution is -0.139. The number of hydrogen-bond acceptors (Lipinski definition) is 4. The molecule has 3 N–H and O–H groups in total. The molecule has 3 aromatic rings. The molecule has 2 amide bonds. The molecule has 0 saturated heterocycles. The Morgan fingerprint density at radius 2 is 1.62 bits per heavy atom. The van der Waals surface area contributed by atoms with E-state index in [1.807, 2.05) is 19.1 Å². The van der Waals surface area contributed by atoms with E-state index in [1.165, 1.54) is 6.07 Å². The molecule has 0 spiro atoms. The number of halogens is 1. The van der Waals surface area contributed by atoms with Gasteiger partial charge in [0, 0.05) is 12.1 Å². The van der Waals surface area contributed by atoms with Gasteiger partial charge < -0.3 is 15.2 Å². The second-order valence-electron chi connectivity index (χ2n) is 7.02. The van der Waals surface area contributed by atoms with Gasteiger partial charge in [0.25, 0.3) is 5.91 Å². The molecule has 8 heteroatoms. The number of aliphatic carboxylic acids is 1. The molecule has 0 aliphatic rings. The Morgan fingerprint density at radius 3 is 2.28 bits per heavy atom. The van der Waals surface area contributed by atoms with Gasteiger partial charge in [0.15, 0.2) is 0 Å². The molecule has 0 saturated carbocycles. The smallest absolute Gasteiger partial charge is 0.417 e. The van der Waals surface area contributed by atoms with Crippen molar-refractivity contribution in [2.75, 3.05) is 5.32 Å². The van der Waals surface area contributed by atoms with Gasteiger partial charge in [-0.25, -0.2) is 9.59 Å². The summed E-state index contributed by atoms with van der Waals surface area (Å²) in [6.07, 6.45) is -0.594. The number of benzene rings is 3. The van der Waals surface area contributed by atoms with Crippen LogP contribution in [0.25, 0.3) is 0 Å². The van der Waals surface area contributed by atoms with Crippen LogP contribution >= 0.6 is 11.6 Å². The lowest BCUT2D eigenvalue weighted by Crippen LogP contribution is -2.42. The van der Waals surface area contributed by atoms with Crippen LogP contribution in [-0.2, 0) is 11.2 Å². The summed E-state index contributed by atoms with van der Waals surface area (Å²) in [6.45, 7) is 1.87. The van der Waals surface area contributed by atoms with Gasteiger partial charge in [-0.05, 0) is 48.4 Å². The highest BCUT2D eigenvalue weighted by Gasteiger charge is 2.22. The second-order valence-corrected chi connectivity index (χ2v) is 7.43. The third-order valence-corrected chi connectivity index (χ3v) is 5.01. The molecule has 0 fully saturated rings. The lowest BCUT2D eigenvalue weighted by Gasteiger charge is -2.15. The van der Waals surface area contributed by atoms with Crippen molar-refractivity contribution in [2.24, 2.45) is 0 Å². The van der Waals surface area contributed by atoms with Crippen LogP contribution in [0.2, 0.25) is 5.02 Å². The van der Waals surface area contributed by atoms with Gasteiger partial charge in [-0.15, -0.1) is 0 Å². The number of aryl methyl sites for hydroxylation is 1. The average Bonchev–Trinajstić information content (AvgIpc) is 2.76. The van der Waals surface area contributed by atoms with Gasteiger partial charge >= 0.3 is 12.1 Å². The quantitative estimate of drug-likeness (QED) is 0.482. The maximum atomic E-state index is 12.4. The largest absolute Gasteiger partial charge is 0.480 e. The van der Waals surface area contributed by atoms with E-state index in [4.69, 9.17) is 16.3 Å². The number of hydrogen-bond donors (Lipinski definition) is 3. The third kappa shape index (κ3) is 6.09. The Bertz CT molecular complexity index is 1130. The number of ether oxygens (including phenoxy) is 1. The zero-order chi connectivity index (χ0) is 23.1. The number of carboxylic acids is 1. The molecule has 1 atom stereocenters. The monoisotopic (exact) mass is 452 g/mol. The molecule has 0 aromatic heterocycles. The van der Waals surface area contributed by atoms with Crippen LogP contribution in [-0.4, -0.2) is 29.1 Å². The van der Waals surface area contributed by atoms with Gasteiger partial charge in [-0.1, -0.05) is 54.1 Å². The summed E-state index contributed by atoms with van der Waals surface area (Å²) in [5.41, 5.74) is 2.39. The highest BCUT2D eigenvalue weighted by Crippen LogP contribution is 2.18. The molecule has 1 unspecified atom stereocenters. The van der Waals surface area contributed by atoms with Crippen LogP contribution in [0.15, 0.2) is 72.8 Å². The third-order valence-electron chi connectivity index (χ3n) is 4.68. The van der Waals surface area contributed by atoms with Gasteiger partial charge in [-0.3, -0.25) is 10.1 Å². The summed E-state index contributed by atoms with van der Waals surface area (Å²) < 4.78 is 5.27. The molecule has 0 bridgehead atoms. The highest BCUT2D eigenvalue weighted by molar-refractivity contribution is 6.33. The molecule has 164 valence electrons. The fourth-order valence-electron chi connectivity index (χ4n) is 2.97. The Balaban J connectivity index is 1.61. The van der Waals surface area contributed by atoms with E-state index in [-0.39, 0.29) is 17.0 Å². The van der Waals surface area contributed by atoms with Crippen LogP contribution in [0, 0.1) is 6.92 Å². The molecule has 3 rings (SSSR count). The molecule has 7 nitrogen and oxygen atoms in total. The predicted molar refractivity (Wildman–Crippen MR) is 121 cm³/mol. The number of para-hydroxylation sites is 1. The van der Waals surface area contributed by atoms with Crippen LogP contribution in [0.1, 0.15) is 21.5 Å². The fraction of sp³-hybridized carbons (Fsp3) is 0.125. The molecule has 0 heterocycles. The normalized spacial score (nSPS) is 11.3. The van der Waals surface area contributed by atoms with Gasteiger partial charge in [0.1, 0.15) is 11.8 Å². The van der Waals surface area contributed by atoms with Crippen LogP contribution < -0.4 is 15.4 Å². The highest BCUT2D eigenvalue weighted by atomic mass is 35.5. The number of rotatable bonds is 7. The van der Waals surface area contributed by atoms with Crippen molar-refractivity contribution in [3.8, 4) is 5.75 Å². The van der Waals surface area contributed by atoms with Crippen molar-refractivity contribution >= 4 is 35.3 Å². The number of anilines is 1. The zero-order valence-electron chi connectivity index (χ0n) is 17.2. The Hall–Kier alpha value is -3.84. The number of amides is 2. The molecular formula is C24H21ClN2O5. The number of carboxylic acid groups (broad SMARTS) is 1. The van der Waals surface area contributed by atoms with Crippen molar-refractivity contribution in [2.45, 2.75) is 19.4 Å². The van der Waals surface area contributed by atoms with Crippen molar-refractivity contribution in [1.29, 1.82) is 0 Å². The van der Waals surface area contributed by atoms with Gasteiger partial charge in [0.2, 0.25) is 0 Å². The Morgan fingerprint density at radius 1 is 0.969 bits per heavy atom. The van der Waals surface area contributed by atoms with Crippen molar-refractivity contribution in [3.05, 3.63) is 94.5 Å². The molecular weight excluding hydrogens is 432 g/mol. The summed E-state index contributed by atoms with van der Waals surface area (Å²) >= 11 is 6.01. The average molecular weight is 453 g/mol. The summed E-state index contributed by atoms with van der Waals surface area (Å²) in [4.78, 5) is 36.1. The minimum absolute atomic E-state index is 0.0429. The van der Waals surface area contributed by atoms with E-state index in [1.54, 1.807) is 54.6 Å². The van der Waals surface area contributed by atoms with E-state index in [2.05, 4.69) is 10.6 Å². The first-order valence-electron chi connectivity index (χ1n) is 9.75.